The van der Waals surface area contributed by atoms with Gasteiger partial charge in [-0.15, -0.1) is 0 Å². The average molecular weight is 486 g/mol. The molecule has 9 nitrogen and oxygen atoms in total. The third-order valence-electron chi connectivity index (χ3n) is 6.82. The summed E-state index contributed by atoms with van der Waals surface area (Å²) in [6.45, 7) is 1.50. The Morgan fingerprint density at radius 2 is 1.75 bits per heavy atom. The summed E-state index contributed by atoms with van der Waals surface area (Å²) < 4.78 is 0. The third kappa shape index (κ3) is 4.51. The molecule has 1 fully saturated rings. The molecule has 2 aliphatic heterocycles. The molecule has 0 saturated carbocycles. The predicted molar refractivity (Wildman–Crippen MR) is 136 cm³/mol. The van der Waals surface area contributed by atoms with E-state index in [1.807, 2.05) is 23.1 Å². The Labute approximate surface area is 208 Å². The van der Waals surface area contributed by atoms with Crippen molar-refractivity contribution in [2.24, 2.45) is 11.7 Å². The lowest BCUT2D eigenvalue weighted by Crippen LogP contribution is -2.41. The van der Waals surface area contributed by atoms with Crippen LogP contribution in [-0.2, 0) is 9.59 Å². The summed E-state index contributed by atoms with van der Waals surface area (Å²) in [5.41, 5.74) is 7.02. The number of benzene rings is 2. The molecule has 3 aromatic rings. The number of nitrogens with one attached hydrogen (secondary N) is 1. The lowest BCUT2D eigenvalue weighted by Gasteiger charge is -2.32. The minimum absolute atomic E-state index is 0.150. The van der Waals surface area contributed by atoms with Gasteiger partial charge in [-0.3, -0.25) is 24.1 Å². The predicted octanol–water partition coefficient (Wildman–Crippen LogP) is 2.95. The zero-order chi connectivity index (χ0) is 25.2. The second-order valence-corrected chi connectivity index (χ2v) is 9.22. The summed E-state index contributed by atoms with van der Waals surface area (Å²) in [4.78, 5) is 57.6. The highest BCUT2D eigenvalue weighted by molar-refractivity contribution is 6.25. The molecule has 1 aromatic heterocycles. The Morgan fingerprint density at radius 1 is 1.03 bits per heavy atom. The zero-order valence-corrected chi connectivity index (χ0v) is 19.8. The van der Waals surface area contributed by atoms with E-state index >= 15 is 0 Å². The first-order valence-corrected chi connectivity index (χ1v) is 12.1. The first-order valence-electron chi connectivity index (χ1n) is 12.1. The highest BCUT2D eigenvalue weighted by Gasteiger charge is 2.32. The number of rotatable bonds is 7. The number of anilines is 2. The van der Waals surface area contributed by atoms with Crippen LogP contribution in [0.1, 0.15) is 46.4 Å². The fraction of sp³-hybridized carbons (Fsp3) is 0.296. The third-order valence-corrected chi connectivity index (χ3v) is 6.82. The second kappa shape index (κ2) is 9.77. The molecule has 0 radical (unpaired) electrons. The molecular formula is C27H27N5O4. The Kier molecular flexibility index (Phi) is 6.37. The van der Waals surface area contributed by atoms with Crippen LogP contribution in [0.2, 0.25) is 0 Å². The summed E-state index contributed by atoms with van der Waals surface area (Å²) in [5.74, 6) is -0.633. The summed E-state index contributed by atoms with van der Waals surface area (Å²) in [7, 11) is 0. The molecule has 36 heavy (non-hydrogen) atoms. The van der Waals surface area contributed by atoms with Crippen LogP contribution in [0, 0.1) is 5.92 Å². The molecule has 4 amide bonds. The van der Waals surface area contributed by atoms with Gasteiger partial charge in [0.2, 0.25) is 11.8 Å². The standard InChI is InChI=1S/C27H27N5O4/c28-25(34)18-7-3-13-31(16-18)22-12-11-19(15-29-22)30-23(33)10-4-14-32-26(35)20-8-1-5-17-6-2-9-21(24(17)20)27(32)36/h1-2,5-6,8-9,11-12,15,18H,3-4,7,10,13-14,16H2,(H2,28,34)(H,30,33). The van der Waals surface area contributed by atoms with Gasteiger partial charge in [-0.1, -0.05) is 24.3 Å². The van der Waals surface area contributed by atoms with Gasteiger partial charge in [0.25, 0.3) is 11.8 Å². The lowest BCUT2D eigenvalue weighted by atomic mass is 9.94. The van der Waals surface area contributed by atoms with Crippen molar-refractivity contribution in [3.05, 3.63) is 65.9 Å². The highest BCUT2D eigenvalue weighted by Crippen LogP contribution is 2.30. The van der Waals surface area contributed by atoms with Gasteiger partial charge in [0.15, 0.2) is 0 Å². The van der Waals surface area contributed by atoms with Crippen molar-refractivity contribution in [1.82, 2.24) is 9.88 Å². The number of pyridine rings is 1. The molecule has 1 unspecified atom stereocenters. The van der Waals surface area contributed by atoms with Crippen molar-refractivity contribution in [3.63, 3.8) is 0 Å². The van der Waals surface area contributed by atoms with Crippen molar-refractivity contribution in [2.75, 3.05) is 29.9 Å². The zero-order valence-electron chi connectivity index (χ0n) is 19.8. The number of amides is 4. The number of hydrogen-bond acceptors (Lipinski definition) is 6. The van der Waals surface area contributed by atoms with Crippen molar-refractivity contribution in [2.45, 2.75) is 25.7 Å². The molecule has 3 N–H and O–H groups in total. The largest absolute Gasteiger partial charge is 0.369 e. The summed E-state index contributed by atoms with van der Waals surface area (Å²) in [6, 6.07) is 14.4. The molecule has 2 aliphatic rings. The first kappa shape index (κ1) is 23.5. The van der Waals surface area contributed by atoms with Crippen molar-refractivity contribution in [1.29, 1.82) is 0 Å². The molecule has 0 spiro atoms. The van der Waals surface area contributed by atoms with Gasteiger partial charge in [-0.25, -0.2) is 4.98 Å². The second-order valence-electron chi connectivity index (χ2n) is 9.22. The molecule has 1 atom stereocenters. The maximum atomic E-state index is 13.0. The minimum Gasteiger partial charge on any atom is -0.369 e. The Hall–Kier alpha value is -4.27. The van der Waals surface area contributed by atoms with Gasteiger partial charge >= 0.3 is 0 Å². The van der Waals surface area contributed by atoms with Gasteiger partial charge in [0, 0.05) is 42.6 Å². The number of nitrogens with two attached hydrogens (primary N) is 1. The number of primary amides is 1. The van der Waals surface area contributed by atoms with Crippen LogP contribution in [0.25, 0.3) is 10.8 Å². The lowest BCUT2D eigenvalue weighted by molar-refractivity contribution is -0.122. The number of piperidine rings is 1. The Balaban J connectivity index is 1.16. The van der Waals surface area contributed by atoms with E-state index in [0.29, 0.717) is 35.2 Å². The van der Waals surface area contributed by atoms with Crippen molar-refractivity contribution in [3.8, 4) is 0 Å². The van der Waals surface area contributed by atoms with Gasteiger partial charge in [-0.05, 0) is 48.9 Å². The summed E-state index contributed by atoms with van der Waals surface area (Å²) in [6.07, 6.45) is 3.73. The highest BCUT2D eigenvalue weighted by atomic mass is 16.2. The van der Waals surface area contributed by atoms with Crippen LogP contribution in [0.3, 0.4) is 0 Å². The van der Waals surface area contributed by atoms with Crippen LogP contribution >= 0.6 is 0 Å². The normalized spacial score (nSPS) is 17.4. The number of aromatic nitrogens is 1. The van der Waals surface area contributed by atoms with E-state index < -0.39 is 0 Å². The SMILES string of the molecule is NC(=O)C1CCCN(c2ccc(NC(=O)CCCN3C(=O)c4cccc5cccc(c45)C3=O)cn2)C1. The maximum absolute atomic E-state index is 13.0. The van der Waals surface area contributed by atoms with E-state index in [2.05, 4.69) is 10.3 Å². The molecule has 184 valence electrons. The molecular weight excluding hydrogens is 458 g/mol. The van der Waals surface area contributed by atoms with E-state index in [1.165, 1.54) is 4.90 Å². The quantitative estimate of drug-likeness (QED) is 0.496. The van der Waals surface area contributed by atoms with Gasteiger partial charge in [0.1, 0.15) is 5.82 Å². The first-order chi connectivity index (χ1) is 17.4. The molecule has 2 aromatic carbocycles. The number of imide groups is 1. The number of hydrogen-bond donors (Lipinski definition) is 2. The Bertz CT molecular complexity index is 1300. The molecule has 5 rings (SSSR count). The molecule has 0 bridgehead atoms. The molecule has 0 aliphatic carbocycles. The van der Waals surface area contributed by atoms with Crippen LogP contribution in [-0.4, -0.2) is 53.1 Å². The molecule has 9 heteroatoms. The summed E-state index contributed by atoms with van der Waals surface area (Å²) in [5, 5.41) is 4.36. The molecule has 1 saturated heterocycles. The van der Waals surface area contributed by atoms with Crippen LogP contribution < -0.4 is 16.0 Å². The minimum atomic E-state index is -0.333. The smallest absolute Gasteiger partial charge is 0.261 e. The van der Waals surface area contributed by atoms with Gasteiger partial charge in [0.05, 0.1) is 17.8 Å². The van der Waals surface area contributed by atoms with E-state index in [9.17, 15) is 19.2 Å². The number of carbonyl (C=O) groups excluding carboxylic acids is 4. The molecule has 3 heterocycles. The van der Waals surface area contributed by atoms with Crippen LogP contribution in [0.15, 0.2) is 54.7 Å². The maximum Gasteiger partial charge on any atom is 0.261 e. The fourth-order valence-corrected chi connectivity index (χ4v) is 4.97. The van der Waals surface area contributed by atoms with Gasteiger partial charge in [-0.2, -0.15) is 0 Å². The van der Waals surface area contributed by atoms with Crippen LogP contribution in [0.5, 0.6) is 0 Å². The topological polar surface area (TPSA) is 126 Å². The monoisotopic (exact) mass is 485 g/mol. The van der Waals surface area contributed by atoms with Crippen molar-refractivity contribution >= 4 is 45.9 Å². The average Bonchev–Trinajstić information content (AvgIpc) is 2.89. The van der Waals surface area contributed by atoms with E-state index in [0.717, 1.165) is 30.6 Å². The van der Waals surface area contributed by atoms with Crippen molar-refractivity contribution < 1.29 is 19.2 Å². The van der Waals surface area contributed by atoms with E-state index in [-0.39, 0.29) is 42.5 Å². The van der Waals surface area contributed by atoms with E-state index in [1.54, 1.807) is 36.5 Å². The fourth-order valence-electron chi connectivity index (χ4n) is 4.97. The van der Waals surface area contributed by atoms with Gasteiger partial charge < -0.3 is 16.0 Å². The Morgan fingerprint density at radius 3 is 2.39 bits per heavy atom. The van der Waals surface area contributed by atoms with Crippen LogP contribution in [0.4, 0.5) is 11.5 Å². The van der Waals surface area contributed by atoms with E-state index in [4.69, 9.17) is 5.73 Å². The summed E-state index contributed by atoms with van der Waals surface area (Å²) >= 11 is 0. The number of carbonyl (C=O) groups is 4. The number of nitrogens with zero attached hydrogens (tertiary/aromatic N) is 3.